The third-order valence-corrected chi connectivity index (χ3v) is 5.89. The fourth-order valence-electron chi connectivity index (χ4n) is 2.50. The Morgan fingerprint density at radius 1 is 1.19 bits per heavy atom. The zero-order chi connectivity index (χ0) is 15.7. The fraction of sp³-hybridized carbons (Fsp3) is 0.833. The van der Waals surface area contributed by atoms with Crippen LogP contribution < -0.4 is 10.6 Å². The molecular weight excluding hydrogens is 296 g/mol. The van der Waals surface area contributed by atoms with Gasteiger partial charge in [-0.1, -0.05) is 0 Å². The molecule has 0 atom stereocenters. The summed E-state index contributed by atoms with van der Waals surface area (Å²) in [6.45, 7) is 6.42. The Morgan fingerprint density at radius 3 is 2.43 bits per heavy atom. The summed E-state index contributed by atoms with van der Waals surface area (Å²) in [5.74, 6) is -1.24. The predicted octanol–water partition coefficient (Wildman–Crippen LogP) is -2.04. The van der Waals surface area contributed by atoms with Gasteiger partial charge in [0.1, 0.15) is 5.54 Å². The van der Waals surface area contributed by atoms with Crippen molar-refractivity contribution in [3.63, 3.8) is 0 Å². The second-order valence-electron chi connectivity index (χ2n) is 5.85. The van der Waals surface area contributed by atoms with Gasteiger partial charge in [0.15, 0.2) is 0 Å². The van der Waals surface area contributed by atoms with E-state index < -0.39 is 27.4 Å². The highest BCUT2D eigenvalue weighted by atomic mass is 32.2. The van der Waals surface area contributed by atoms with Crippen LogP contribution in [-0.4, -0.2) is 80.0 Å². The molecule has 0 spiro atoms. The van der Waals surface area contributed by atoms with E-state index in [0.717, 1.165) is 30.5 Å². The zero-order valence-electron chi connectivity index (χ0n) is 12.4. The standard InChI is InChI=1S/C12H22N4O4S/c1-12(2)11(18)14-10(17)9-16(12)21(19,20)8-7-15-5-3-13-4-6-15/h13H,3-9H2,1-2H3,(H,14,17,18). The minimum atomic E-state index is -3.67. The minimum Gasteiger partial charge on any atom is -0.314 e. The molecule has 2 N–H and O–H groups in total. The summed E-state index contributed by atoms with van der Waals surface area (Å²) in [5.41, 5.74) is -1.24. The number of carbonyl (C=O) groups excluding carboxylic acids is 2. The highest BCUT2D eigenvalue weighted by molar-refractivity contribution is 7.89. The number of amides is 2. The molecular formula is C12H22N4O4S. The largest absolute Gasteiger partial charge is 0.314 e. The summed E-state index contributed by atoms with van der Waals surface area (Å²) >= 11 is 0. The van der Waals surface area contributed by atoms with Gasteiger partial charge in [0, 0.05) is 32.7 Å². The molecule has 0 aliphatic carbocycles. The van der Waals surface area contributed by atoms with Gasteiger partial charge in [-0.05, 0) is 13.8 Å². The summed E-state index contributed by atoms with van der Waals surface area (Å²) in [7, 11) is -3.67. The van der Waals surface area contributed by atoms with Crippen LogP contribution in [0.4, 0.5) is 0 Å². The van der Waals surface area contributed by atoms with Crippen LogP contribution in [0.5, 0.6) is 0 Å². The Balaban J connectivity index is 2.06. The monoisotopic (exact) mass is 318 g/mol. The van der Waals surface area contributed by atoms with E-state index in [2.05, 4.69) is 15.5 Å². The number of nitrogens with zero attached hydrogens (tertiary/aromatic N) is 2. The average molecular weight is 318 g/mol. The van der Waals surface area contributed by atoms with E-state index >= 15 is 0 Å². The van der Waals surface area contributed by atoms with Crippen molar-refractivity contribution in [1.82, 2.24) is 19.8 Å². The molecule has 0 aromatic heterocycles. The van der Waals surface area contributed by atoms with Crippen LogP contribution in [0.1, 0.15) is 13.8 Å². The third kappa shape index (κ3) is 3.60. The van der Waals surface area contributed by atoms with Gasteiger partial charge in [0.05, 0.1) is 12.3 Å². The number of hydrogen-bond donors (Lipinski definition) is 2. The lowest BCUT2D eigenvalue weighted by molar-refractivity contribution is -0.141. The van der Waals surface area contributed by atoms with E-state index in [4.69, 9.17) is 0 Å². The molecule has 8 nitrogen and oxygen atoms in total. The lowest BCUT2D eigenvalue weighted by Gasteiger charge is -2.39. The molecule has 0 saturated carbocycles. The molecule has 2 amide bonds. The number of sulfonamides is 1. The SMILES string of the molecule is CC1(C)C(=O)NC(=O)CN1S(=O)(=O)CCN1CCNCC1. The second kappa shape index (κ2) is 5.99. The van der Waals surface area contributed by atoms with Gasteiger partial charge in [-0.3, -0.25) is 19.8 Å². The molecule has 2 saturated heterocycles. The molecule has 0 unspecified atom stereocenters. The first-order chi connectivity index (χ1) is 9.73. The number of nitrogens with one attached hydrogen (secondary N) is 2. The Bertz CT molecular complexity index is 525. The Labute approximate surface area is 124 Å². The Kier molecular flexibility index (Phi) is 4.66. The van der Waals surface area contributed by atoms with E-state index in [1.165, 1.54) is 13.8 Å². The molecule has 21 heavy (non-hydrogen) atoms. The highest BCUT2D eigenvalue weighted by Crippen LogP contribution is 2.22. The molecule has 2 aliphatic heterocycles. The molecule has 0 aromatic carbocycles. The summed E-state index contributed by atoms with van der Waals surface area (Å²) in [4.78, 5) is 25.4. The molecule has 2 aliphatic rings. The number of imide groups is 1. The van der Waals surface area contributed by atoms with E-state index in [-0.39, 0.29) is 12.3 Å². The first-order valence-corrected chi connectivity index (χ1v) is 8.62. The molecule has 2 rings (SSSR count). The maximum Gasteiger partial charge on any atom is 0.247 e. The van der Waals surface area contributed by atoms with Gasteiger partial charge < -0.3 is 5.32 Å². The van der Waals surface area contributed by atoms with Crippen molar-refractivity contribution in [2.45, 2.75) is 19.4 Å². The van der Waals surface area contributed by atoms with Crippen molar-refractivity contribution in [3.05, 3.63) is 0 Å². The average Bonchev–Trinajstić information content (AvgIpc) is 2.42. The first-order valence-electron chi connectivity index (χ1n) is 7.01. The van der Waals surface area contributed by atoms with Crippen LogP contribution in [0.25, 0.3) is 0 Å². The van der Waals surface area contributed by atoms with Crippen LogP contribution in [0, 0.1) is 0 Å². The topological polar surface area (TPSA) is 98.8 Å². The molecule has 9 heteroatoms. The van der Waals surface area contributed by atoms with Crippen LogP contribution in [0.15, 0.2) is 0 Å². The summed E-state index contributed by atoms with van der Waals surface area (Å²) in [5, 5.41) is 5.38. The smallest absolute Gasteiger partial charge is 0.247 e. The van der Waals surface area contributed by atoms with Gasteiger partial charge in [-0.15, -0.1) is 0 Å². The molecule has 0 radical (unpaired) electrons. The van der Waals surface area contributed by atoms with Crippen LogP contribution in [-0.2, 0) is 19.6 Å². The lowest BCUT2D eigenvalue weighted by Crippen LogP contribution is -2.66. The Hall–Kier alpha value is -1.03. The number of hydrogen-bond acceptors (Lipinski definition) is 6. The van der Waals surface area contributed by atoms with Crippen LogP contribution in [0.2, 0.25) is 0 Å². The van der Waals surface area contributed by atoms with Gasteiger partial charge in [-0.25, -0.2) is 8.42 Å². The number of rotatable bonds is 4. The van der Waals surface area contributed by atoms with E-state index in [9.17, 15) is 18.0 Å². The zero-order valence-corrected chi connectivity index (χ0v) is 13.2. The van der Waals surface area contributed by atoms with Crippen molar-refractivity contribution in [1.29, 1.82) is 0 Å². The van der Waals surface area contributed by atoms with E-state index in [0.29, 0.717) is 6.54 Å². The fourth-order valence-corrected chi connectivity index (χ4v) is 4.30. The lowest BCUT2D eigenvalue weighted by atomic mass is 10.0. The normalized spacial score (nSPS) is 24.9. The van der Waals surface area contributed by atoms with E-state index in [1.807, 2.05) is 0 Å². The van der Waals surface area contributed by atoms with Crippen molar-refractivity contribution < 1.29 is 18.0 Å². The summed E-state index contributed by atoms with van der Waals surface area (Å²) < 4.78 is 26.0. The maximum atomic E-state index is 12.5. The van der Waals surface area contributed by atoms with Crippen molar-refractivity contribution in [2.24, 2.45) is 0 Å². The van der Waals surface area contributed by atoms with Gasteiger partial charge in [-0.2, -0.15) is 4.31 Å². The molecule has 2 heterocycles. The van der Waals surface area contributed by atoms with Crippen LogP contribution in [0.3, 0.4) is 0 Å². The third-order valence-electron chi connectivity index (χ3n) is 3.93. The van der Waals surface area contributed by atoms with Crippen molar-refractivity contribution >= 4 is 21.8 Å². The molecule has 0 aromatic rings. The predicted molar refractivity (Wildman–Crippen MR) is 77.0 cm³/mol. The first kappa shape index (κ1) is 16.3. The van der Waals surface area contributed by atoms with Gasteiger partial charge in [0.2, 0.25) is 21.8 Å². The van der Waals surface area contributed by atoms with Crippen molar-refractivity contribution in [3.8, 4) is 0 Å². The van der Waals surface area contributed by atoms with Gasteiger partial charge in [0.25, 0.3) is 0 Å². The second-order valence-corrected chi connectivity index (χ2v) is 7.86. The summed E-state index contributed by atoms with van der Waals surface area (Å²) in [6, 6.07) is 0. The molecule has 120 valence electrons. The van der Waals surface area contributed by atoms with Crippen molar-refractivity contribution in [2.75, 3.05) is 45.0 Å². The number of carbonyl (C=O) groups is 2. The molecule has 0 bridgehead atoms. The van der Waals surface area contributed by atoms with Gasteiger partial charge >= 0.3 is 0 Å². The van der Waals surface area contributed by atoms with E-state index in [1.54, 1.807) is 0 Å². The maximum absolute atomic E-state index is 12.5. The Morgan fingerprint density at radius 2 is 1.81 bits per heavy atom. The van der Waals surface area contributed by atoms with Crippen LogP contribution >= 0.6 is 0 Å². The number of piperazine rings is 2. The highest BCUT2D eigenvalue weighted by Gasteiger charge is 2.46. The quantitative estimate of drug-likeness (QED) is 0.580. The minimum absolute atomic E-state index is 0.0863. The molecule has 2 fully saturated rings. The summed E-state index contributed by atoms with van der Waals surface area (Å²) in [6.07, 6.45) is 0.